The number of para-hydroxylation sites is 1. The molecule has 0 aromatic heterocycles. The van der Waals surface area contributed by atoms with E-state index in [1.54, 1.807) is 23.1 Å². The zero-order chi connectivity index (χ0) is 17.6. The lowest BCUT2D eigenvalue weighted by atomic mass is 10.1. The maximum atomic E-state index is 13.6. The van der Waals surface area contributed by atoms with Crippen molar-refractivity contribution in [3.05, 3.63) is 64.9 Å². The van der Waals surface area contributed by atoms with E-state index in [1.165, 1.54) is 6.07 Å². The highest BCUT2D eigenvalue weighted by Crippen LogP contribution is 2.25. The van der Waals surface area contributed by atoms with E-state index < -0.39 is 0 Å². The SMILES string of the molecule is O=C(NCCc1ccccc1F)N1CCN(c2ccccc2Cl)CC1. The molecule has 6 heteroatoms. The van der Waals surface area contributed by atoms with Crippen LogP contribution < -0.4 is 10.2 Å². The Morgan fingerprint density at radius 1 is 1.04 bits per heavy atom. The van der Waals surface area contributed by atoms with Gasteiger partial charge in [0.25, 0.3) is 0 Å². The van der Waals surface area contributed by atoms with Crippen LogP contribution in [-0.2, 0) is 6.42 Å². The van der Waals surface area contributed by atoms with Gasteiger partial charge in [-0.15, -0.1) is 0 Å². The Balaban J connectivity index is 1.46. The molecule has 1 heterocycles. The molecular weight excluding hydrogens is 341 g/mol. The summed E-state index contributed by atoms with van der Waals surface area (Å²) in [6, 6.07) is 14.3. The molecule has 1 aliphatic heterocycles. The minimum absolute atomic E-state index is 0.102. The minimum atomic E-state index is -0.231. The first-order valence-electron chi connectivity index (χ1n) is 8.41. The Hall–Kier alpha value is -2.27. The number of urea groups is 1. The predicted molar refractivity (Wildman–Crippen MR) is 98.7 cm³/mol. The van der Waals surface area contributed by atoms with Crippen LogP contribution in [0.5, 0.6) is 0 Å². The zero-order valence-corrected chi connectivity index (χ0v) is 14.7. The smallest absolute Gasteiger partial charge is 0.317 e. The lowest BCUT2D eigenvalue weighted by Crippen LogP contribution is -2.52. The molecule has 0 bridgehead atoms. The van der Waals surface area contributed by atoms with Gasteiger partial charge in [-0.3, -0.25) is 0 Å². The maximum Gasteiger partial charge on any atom is 0.317 e. The van der Waals surface area contributed by atoms with Gasteiger partial charge >= 0.3 is 6.03 Å². The third-order valence-corrected chi connectivity index (χ3v) is 4.71. The molecule has 0 atom stereocenters. The average Bonchev–Trinajstić information content (AvgIpc) is 2.64. The van der Waals surface area contributed by atoms with Gasteiger partial charge in [-0.2, -0.15) is 0 Å². The van der Waals surface area contributed by atoms with E-state index in [-0.39, 0.29) is 11.8 Å². The number of carbonyl (C=O) groups excluding carboxylic acids is 1. The molecular formula is C19H21ClFN3O. The van der Waals surface area contributed by atoms with E-state index in [9.17, 15) is 9.18 Å². The number of nitrogens with zero attached hydrogens (tertiary/aromatic N) is 2. The van der Waals surface area contributed by atoms with Crippen LogP contribution in [-0.4, -0.2) is 43.7 Å². The van der Waals surface area contributed by atoms with Crippen molar-refractivity contribution >= 4 is 23.3 Å². The molecule has 3 rings (SSSR count). The fourth-order valence-corrected chi connectivity index (χ4v) is 3.23. The van der Waals surface area contributed by atoms with Crippen molar-refractivity contribution in [2.75, 3.05) is 37.6 Å². The number of piperazine rings is 1. The van der Waals surface area contributed by atoms with Crippen molar-refractivity contribution in [3.63, 3.8) is 0 Å². The Morgan fingerprint density at radius 2 is 1.72 bits per heavy atom. The number of amides is 2. The summed E-state index contributed by atoms with van der Waals surface area (Å²) in [5.41, 5.74) is 1.62. The number of halogens is 2. The van der Waals surface area contributed by atoms with E-state index in [4.69, 9.17) is 11.6 Å². The first-order chi connectivity index (χ1) is 12.1. The van der Waals surface area contributed by atoms with Gasteiger partial charge < -0.3 is 15.1 Å². The molecule has 0 saturated carbocycles. The largest absolute Gasteiger partial charge is 0.367 e. The van der Waals surface area contributed by atoms with E-state index in [0.29, 0.717) is 31.6 Å². The summed E-state index contributed by atoms with van der Waals surface area (Å²) in [6.45, 7) is 3.17. The Bertz CT molecular complexity index is 732. The fraction of sp³-hybridized carbons (Fsp3) is 0.316. The van der Waals surface area contributed by atoms with Gasteiger partial charge in [-0.1, -0.05) is 41.9 Å². The fourth-order valence-electron chi connectivity index (χ4n) is 2.98. The number of hydrogen-bond acceptors (Lipinski definition) is 2. The predicted octanol–water partition coefficient (Wildman–Crippen LogP) is 3.55. The molecule has 1 fully saturated rings. The minimum Gasteiger partial charge on any atom is -0.367 e. The van der Waals surface area contributed by atoms with Gasteiger partial charge in [0.2, 0.25) is 0 Å². The van der Waals surface area contributed by atoms with E-state index in [0.717, 1.165) is 23.8 Å². The van der Waals surface area contributed by atoms with Crippen LogP contribution in [0.25, 0.3) is 0 Å². The summed E-state index contributed by atoms with van der Waals surface area (Å²) in [5, 5.41) is 3.60. The third-order valence-electron chi connectivity index (χ3n) is 4.39. The van der Waals surface area contributed by atoms with Crippen LogP contribution in [0.4, 0.5) is 14.9 Å². The molecule has 25 heavy (non-hydrogen) atoms. The van der Waals surface area contributed by atoms with Gasteiger partial charge in [0.05, 0.1) is 10.7 Å². The number of nitrogens with one attached hydrogen (secondary N) is 1. The monoisotopic (exact) mass is 361 g/mol. The number of rotatable bonds is 4. The highest BCUT2D eigenvalue weighted by molar-refractivity contribution is 6.33. The van der Waals surface area contributed by atoms with Crippen molar-refractivity contribution in [2.45, 2.75) is 6.42 Å². The number of benzene rings is 2. The molecule has 2 aromatic carbocycles. The summed E-state index contributed by atoms with van der Waals surface area (Å²) in [6.07, 6.45) is 0.484. The van der Waals surface area contributed by atoms with Crippen molar-refractivity contribution in [2.24, 2.45) is 0 Å². The van der Waals surface area contributed by atoms with Crippen LogP contribution in [0.2, 0.25) is 5.02 Å². The molecule has 1 N–H and O–H groups in total. The summed E-state index contributed by atoms with van der Waals surface area (Å²) in [5.74, 6) is -0.231. The number of carbonyl (C=O) groups is 1. The standard InChI is InChI=1S/C19H21ClFN3O/c20-16-6-2-4-8-18(16)23-11-13-24(14-12-23)19(25)22-10-9-15-5-1-3-7-17(15)21/h1-8H,9-14H2,(H,22,25). The molecule has 0 spiro atoms. The van der Waals surface area contributed by atoms with Gasteiger partial charge in [-0.25, -0.2) is 9.18 Å². The maximum absolute atomic E-state index is 13.6. The van der Waals surface area contributed by atoms with E-state index in [2.05, 4.69) is 10.2 Å². The molecule has 132 valence electrons. The molecule has 0 unspecified atom stereocenters. The second-order valence-electron chi connectivity index (χ2n) is 6.00. The second kappa shape index (κ2) is 8.21. The Morgan fingerprint density at radius 3 is 2.44 bits per heavy atom. The second-order valence-corrected chi connectivity index (χ2v) is 6.41. The molecule has 2 amide bonds. The van der Waals surface area contributed by atoms with Crippen LogP contribution in [0, 0.1) is 5.82 Å². The Labute approximate surface area is 152 Å². The summed E-state index contributed by atoms with van der Waals surface area (Å²) in [4.78, 5) is 16.2. The molecule has 4 nitrogen and oxygen atoms in total. The molecule has 0 radical (unpaired) electrons. The topological polar surface area (TPSA) is 35.6 Å². The molecule has 1 aliphatic rings. The highest BCUT2D eigenvalue weighted by Gasteiger charge is 2.22. The lowest BCUT2D eigenvalue weighted by molar-refractivity contribution is 0.194. The van der Waals surface area contributed by atoms with Gasteiger partial charge in [-0.05, 0) is 30.2 Å². The van der Waals surface area contributed by atoms with Crippen molar-refractivity contribution in [3.8, 4) is 0 Å². The molecule has 0 aliphatic carbocycles. The van der Waals surface area contributed by atoms with Gasteiger partial charge in [0.1, 0.15) is 5.82 Å². The third kappa shape index (κ3) is 4.42. The Kier molecular flexibility index (Phi) is 5.76. The van der Waals surface area contributed by atoms with E-state index >= 15 is 0 Å². The van der Waals surface area contributed by atoms with Crippen molar-refractivity contribution in [1.29, 1.82) is 0 Å². The first kappa shape index (κ1) is 17.5. The van der Waals surface area contributed by atoms with Crippen LogP contribution >= 0.6 is 11.6 Å². The average molecular weight is 362 g/mol. The summed E-state index contributed by atoms with van der Waals surface area (Å²) < 4.78 is 13.6. The van der Waals surface area contributed by atoms with E-state index in [1.807, 2.05) is 24.3 Å². The van der Waals surface area contributed by atoms with Gasteiger partial charge in [0.15, 0.2) is 0 Å². The zero-order valence-electron chi connectivity index (χ0n) is 13.9. The number of anilines is 1. The lowest BCUT2D eigenvalue weighted by Gasteiger charge is -2.36. The summed E-state index contributed by atoms with van der Waals surface area (Å²) in [7, 11) is 0. The van der Waals surface area contributed by atoms with Crippen LogP contribution in [0.3, 0.4) is 0 Å². The number of hydrogen-bond donors (Lipinski definition) is 1. The van der Waals surface area contributed by atoms with Crippen molar-refractivity contribution < 1.29 is 9.18 Å². The van der Waals surface area contributed by atoms with Crippen molar-refractivity contribution in [1.82, 2.24) is 10.2 Å². The summed E-state index contributed by atoms with van der Waals surface area (Å²) >= 11 is 6.23. The quantitative estimate of drug-likeness (QED) is 0.903. The normalized spacial score (nSPS) is 14.5. The molecule has 1 saturated heterocycles. The first-order valence-corrected chi connectivity index (χ1v) is 8.78. The van der Waals surface area contributed by atoms with Crippen LogP contribution in [0.1, 0.15) is 5.56 Å². The van der Waals surface area contributed by atoms with Gasteiger partial charge in [0, 0.05) is 32.7 Å². The highest BCUT2D eigenvalue weighted by atomic mass is 35.5. The molecule has 2 aromatic rings. The van der Waals surface area contributed by atoms with Crippen LogP contribution in [0.15, 0.2) is 48.5 Å².